The van der Waals surface area contributed by atoms with Crippen molar-refractivity contribution in [2.75, 3.05) is 4.90 Å². The smallest absolute Gasteiger partial charge is 0.362 e. The van der Waals surface area contributed by atoms with Crippen molar-refractivity contribution < 1.29 is 27.5 Å². The van der Waals surface area contributed by atoms with Gasteiger partial charge in [-0.1, -0.05) is 23.8 Å². The second-order valence-corrected chi connectivity index (χ2v) is 6.71. The number of alkyl halides is 3. The van der Waals surface area contributed by atoms with Gasteiger partial charge in [-0.3, -0.25) is 9.59 Å². The number of hydrogen-bond acceptors (Lipinski definition) is 3. The lowest BCUT2D eigenvalue weighted by Crippen LogP contribution is -2.38. The lowest BCUT2D eigenvalue weighted by atomic mass is 9.78. The molecule has 2 bridgehead atoms. The topological polar surface area (TPSA) is 46.6 Å². The van der Waals surface area contributed by atoms with Crippen LogP contribution >= 0.6 is 11.6 Å². The molecule has 0 unspecified atom stereocenters. The van der Waals surface area contributed by atoms with E-state index in [-0.39, 0.29) is 5.69 Å². The minimum Gasteiger partial charge on any atom is -0.362 e. The van der Waals surface area contributed by atoms with Gasteiger partial charge in [-0.25, -0.2) is 4.90 Å². The van der Waals surface area contributed by atoms with E-state index >= 15 is 0 Å². The fraction of sp³-hybridized carbons (Fsp3) is 0.375. The SMILES string of the molecule is C[C@]12C=C[C@@H](O1)[C@H]1C(=O)N(c3ccc(Cl)c(C(F)(F)F)c3)C(=O)[C@@H]12. The Labute approximate surface area is 139 Å². The monoisotopic (exact) mass is 357 g/mol. The third kappa shape index (κ3) is 1.91. The predicted molar refractivity (Wildman–Crippen MR) is 78.3 cm³/mol. The molecule has 3 heterocycles. The van der Waals surface area contributed by atoms with Crippen molar-refractivity contribution >= 4 is 29.1 Å². The van der Waals surface area contributed by atoms with Gasteiger partial charge in [-0.05, 0) is 25.1 Å². The summed E-state index contributed by atoms with van der Waals surface area (Å²) in [5.41, 5.74) is -2.10. The van der Waals surface area contributed by atoms with E-state index in [4.69, 9.17) is 16.3 Å². The summed E-state index contributed by atoms with van der Waals surface area (Å²) in [6.07, 6.45) is -1.74. The maximum Gasteiger partial charge on any atom is 0.417 e. The van der Waals surface area contributed by atoms with Crippen LogP contribution in [0.2, 0.25) is 5.02 Å². The first kappa shape index (κ1) is 15.7. The van der Waals surface area contributed by atoms with Crippen LogP contribution in [0.25, 0.3) is 0 Å². The quantitative estimate of drug-likeness (QED) is 0.573. The van der Waals surface area contributed by atoms with E-state index in [2.05, 4.69) is 0 Å². The molecule has 1 aromatic rings. The molecule has 1 aromatic carbocycles. The van der Waals surface area contributed by atoms with Crippen molar-refractivity contribution in [3.63, 3.8) is 0 Å². The highest BCUT2D eigenvalue weighted by Crippen LogP contribution is 2.52. The molecule has 0 aliphatic carbocycles. The standard InChI is InChI=1S/C16H11ClF3NO3/c1-15-5-4-10(24-15)11-12(15)14(23)21(13(11)22)7-2-3-9(17)8(6-7)16(18,19)20/h2-6,10-12H,1H3/t10-,11-,12-,15-/m1/s1. The molecule has 0 radical (unpaired) electrons. The summed E-state index contributed by atoms with van der Waals surface area (Å²) in [4.78, 5) is 26.2. The van der Waals surface area contributed by atoms with Crippen LogP contribution in [0.1, 0.15) is 12.5 Å². The van der Waals surface area contributed by atoms with Gasteiger partial charge in [0.1, 0.15) is 0 Å². The molecule has 2 fully saturated rings. The van der Waals surface area contributed by atoms with Gasteiger partial charge < -0.3 is 4.74 Å². The molecule has 2 amide bonds. The Balaban J connectivity index is 1.77. The Kier molecular flexibility index (Phi) is 3.01. The summed E-state index contributed by atoms with van der Waals surface area (Å²) in [6.45, 7) is 1.70. The van der Waals surface area contributed by atoms with E-state index in [0.29, 0.717) is 0 Å². The fourth-order valence-electron chi connectivity index (χ4n) is 3.78. The van der Waals surface area contributed by atoms with Gasteiger partial charge in [0, 0.05) is 0 Å². The Morgan fingerprint density at radius 3 is 2.58 bits per heavy atom. The molecular weight excluding hydrogens is 347 g/mol. The van der Waals surface area contributed by atoms with Gasteiger partial charge in [0.15, 0.2) is 0 Å². The number of carbonyl (C=O) groups is 2. The van der Waals surface area contributed by atoms with E-state index in [1.807, 2.05) is 0 Å². The van der Waals surface area contributed by atoms with Crippen LogP contribution in [0.3, 0.4) is 0 Å². The van der Waals surface area contributed by atoms with E-state index in [1.54, 1.807) is 19.1 Å². The first-order chi connectivity index (χ1) is 11.1. The summed E-state index contributed by atoms with van der Waals surface area (Å²) in [5.74, 6) is -2.50. The number of halogens is 4. The van der Waals surface area contributed by atoms with Gasteiger partial charge in [0.05, 0.1) is 39.8 Å². The highest BCUT2D eigenvalue weighted by atomic mass is 35.5. The van der Waals surface area contributed by atoms with Crippen molar-refractivity contribution in [3.05, 3.63) is 40.9 Å². The molecule has 0 N–H and O–H groups in total. The van der Waals surface area contributed by atoms with Crippen LogP contribution in [-0.4, -0.2) is 23.5 Å². The third-order valence-corrected chi connectivity index (χ3v) is 5.17. The molecule has 4 nitrogen and oxygen atoms in total. The second-order valence-electron chi connectivity index (χ2n) is 6.30. The summed E-state index contributed by atoms with van der Waals surface area (Å²) in [5, 5.41) is -0.484. The molecule has 8 heteroatoms. The van der Waals surface area contributed by atoms with Crippen LogP contribution in [0.15, 0.2) is 30.4 Å². The summed E-state index contributed by atoms with van der Waals surface area (Å²) >= 11 is 5.60. The van der Waals surface area contributed by atoms with Crippen molar-refractivity contribution in [1.29, 1.82) is 0 Å². The molecule has 2 saturated heterocycles. The van der Waals surface area contributed by atoms with Gasteiger partial charge >= 0.3 is 6.18 Å². The number of fused-ring (bicyclic) bond motifs is 5. The molecule has 4 atom stereocenters. The van der Waals surface area contributed by atoms with Gasteiger partial charge in [-0.15, -0.1) is 0 Å². The Morgan fingerprint density at radius 2 is 1.96 bits per heavy atom. The zero-order valence-electron chi connectivity index (χ0n) is 12.3. The molecule has 3 aliphatic rings. The number of anilines is 1. The van der Waals surface area contributed by atoms with E-state index in [9.17, 15) is 22.8 Å². The molecule has 0 saturated carbocycles. The lowest BCUT2D eigenvalue weighted by molar-refractivity contribution is -0.137. The second kappa shape index (κ2) is 4.61. The maximum absolute atomic E-state index is 13.0. The Bertz CT molecular complexity index is 806. The van der Waals surface area contributed by atoms with Gasteiger partial charge in [-0.2, -0.15) is 13.2 Å². The number of nitrogens with zero attached hydrogens (tertiary/aromatic N) is 1. The highest BCUT2D eigenvalue weighted by Gasteiger charge is 2.66. The number of imide groups is 1. The minimum absolute atomic E-state index is 0.126. The van der Waals surface area contributed by atoms with Gasteiger partial charge in [0.25, 0.3) is 0 Å². The largest absolute Gasteiger partial charge is 0.417 e. The highest BCUT2D eigenvalue weighted by molar-refractivity contribution is 6.31. The molecular formula is C16H11ClF3NO3. The van der Waals surface area contributed by atoms with E-state index < -0.39 is 52.1 Å². The fourth-order valence-corrected chi connectivity index (χ4v) is 4.00. The molecule has 24 heavy (non-hydrogen) atoms. The van der Waals surface area contributed by atoms with Crippen molar-refractivity contribution in [2.24, 2.45) is 11.8 Å². The average molecular weight is 358 g/mol. The van der Waals surface area contributed by atoms with Crippen LogP contribution in [-0.2, 0) is 20.5 Å². The van der Waals surface area contributed by atoms with Crippen LogP contribution < -0.4 is 4.90 Å². The van der Waals surface area contributed by atoms with E-state index in [1.165, 1.54) is 6.07 Å². The Hall–Kier alpha value is -1.86. The van der Waals surface area contributed by atoms with Crippen molar-refractivity contribution in [1.82, 2.24) is 0 Å². The van der Waals surface area contributed by atoms with Crippen molar-refractivity contribution in [2.45, 2.75) is 24.8 Å². The Morgan fingerprint density at radius 1 is 1.25 bits per heavy atom. The lowest BCUT2D eigenvalue weighted by Gasteiger charge is -2.24. The first-order valence-corrected chi connectivity index (χ1v) is 7.63. The summed E-state index contributed by atoms with van der Waals surface area (Å²) in [7, 11) is 0. The zero-order chi connectivity index (χ0) is 17.4. The predicted octanol–water partition coefficient (Wildman–Crippen LogP) is 3.19. The van der Waals surface area contributed by atoms with Crippen LogP contribution in [0, 0.1) is 11.8 Å². The number of benzene rings is 1. The van der Waals surface area contributed by atoms with Crippen LogP contribution in [0.5, 0.6) is 0 Å². The maximum atomic E-state index is 13.0. The molecule has 126 valence electrons. The molecule has 3 aliphatic heterocycles. The minimum atomic E-state index is -4.68. The number of hydrogen-bond donors (Lipinski definition) is 0. The normalized spacial score (nSPS) is 34.4. The number of ether oxygens (including phenoxy) is 1. The average Bonchev–Trinajstić information content (AvgIpc) is 3.08. The summed E-state index contributed by atoms with van der Waals surface area (Å²) < 4.78 is 44.8. The zero-order valence-corrected chi connectivity index (χ0v) is 13.1. The molecule has 0 aromatic heterocycles. The molecule has 4 rings (SSSR count). The first-order valence-electron chi connectivity index (χ1n) is 7.25. The summed E-state index contributed by atoms with van der Waals surface area (Å²) in [6, 6.07) is 3.02. The third-order valence-electron chi connectivity index (χ3n) is 4.84. The van der Waals surface area contributed by atoms with E-state index in [0.717, 1.165) is 17.0 Å². The van der Waals surface area contributed by atoms with Gasteiger partial charge in [0.2, 0.25) is 11.8 Å². The molecule has 0 spiro atoms. The van der Waals surface area contributed by atoms with Crippen LogP contribution in [0.4, 0.5) is 18.9 Å². The van der Waals surface area contributed by atoms with Crippen molar-refractivity contribution in [3.8, 4) is 0 Å². The number of amides is 2. The number of carbonyl (C=O) groups excluding carboxylic acids is 2. The number of rotatable bonds is 1.